The summed E-state index contributed by atoms with van der Waals surface area (Å²) in [6.45, 7) is 7.25. The van der Waals surface area contributed by atoms with E-state index in [0.29, 0.717) is 40.0 Å². The molecule has 0 saturated heterocycles. The Hall–Kier alpha value is -3.62. The van der Waals surface area contributed by atoms with Crippen LogP contribution < -0.4 is 5.69 Å². The van der Waals surface area contributed by atoms with Gasteiger partial charge in [-0.15, -0.1) is 0 Å². The zero-order valence-corrected chi connectivity index (χ0v) is 18.2. The minimum Gasteiger partial charge on any atom is -0.465 e. The minimum atomic E-state index is -0.538. The van der Waals surface area contributed by atoms with Crippen LogP contribution in [0, 0.1) is 13.8 Å². The fourth-order valence-electron chi connectivity index (χ4n) is 3.78. The van der Waals surface area contributed by atoms with Crippen molar-refractivity contribution in [3.05, 3.63) is 56.8 Å². The number of carbonyl (C=O) groups is 3. The van der Waals surface area contributed by atoms with Gasteiger partial charge in [0.15, 0.2) is 5.78 Å². The Morgan fingerprint density at radius 1 is 1.03 bits per heavy atom. The molecule has 0 aliphatic carbocycles. The van der Waals surface area contributed by atoms with Crippen LogP contribution in [0.5, 0.6) is 0 Å². The number of rotatable bonds is 7. The molecule has 0 fully saturated rings. The molecule has 9 heteroatoms. The van der Waals surface area contributed by atoms with Crippen molar-refractivity contribution in [3.8, 4) is 0 Å². The van der Waals surface area contributed by atoms with E-state index in [9.17, 15) is 19.2 Å². The van der Waals surface area contributed by atoms with Gasteiger partial charge < -0.3 is 14.5 Å². The maximum atomic E-state index is 13.1. The number of aromatic amines is 1. The number of ether oxygens (including phenoxy) is 2. The van der Waals surface area contributed by atoms with Gasteiger partial charge in [0, 0.05) is 12.2 Å². The molecule has 0 aliphatic heterocycles. The fraction of sp³-hybridized carbons (Fsp3) is 0.364. The van der Waals surface area contributed by atoms with E-state index in [4.69, 9.17) is 9.47 Å². The van der Waals surface area contributed by atoms with Gasteiger partial charge in [-0.25, -0.2) is 14.4 Å². The number of imidazole rings is 1. The van der Waals surface area contributed by atoms with Crippen LogP contribution in [0.4, 0.5) is 0 Å². The van der Waals surface area contributed by atoms with Gasteiger partial charge in [0.1, 0.15) is 0 Å². The third kappa shape index (κ3) is 3.78. The summed E-state index contributed by atoms with van der Waals surface area (Å²) in [6.07, 6.45) is 0. The van der Waals surface area contributed by atoms with E-state index in [1.54, 1.807) is 39.0 Å². The van der Waals surface area contributed by atoms with Crippen molar-refractivity contribution in [2.75, 3.05) is 13.7 Å². The number of aromatic nitrogens is 3. The number of aryl methyl sites for hydroxylation is 2. The topological polar surface area (TPSA) is 112 Å². The van der Waals surface area contributed by atoms with Crippen LogP contribution in [0.1, 0.15) is 56.3 Å². The number of methoxy groups -OCH3 is 1. The summed E-state index contributed by atoms with van der Waals surface area (Å²) in [6, 6.07) is 4.83. The Labute approximate surface area is 178 Å². The van der Waals surface area contributed by atoms with Gasteiger partial charge in [-0.3, -0.25) is 13.9 Å². The Balaban J connectivity index is 2.08. The minimum absolute atomic E-state index is 0.228. The summed E-state index contributed by atoms with van der Waals surface area (Å²) in [4.78, 5) is 53.2. The molecule has 0 amide bonds. The summed E-state index contributed by atoms with van der Waals surface area (Å²) >= 11 is 0. The number of nitrogens with one attached hydrogen (secondary N) is 1. The molecule has 3 rings (SSSR count). The third-order valence-electron chi connectivity index (χ3n) is 5.25. The van der Waals surface area contributed by atoms with Crippen LogP contribution in [0.15, 0.2) is 23.0 Å². The highest BCUT2D eigenvalue weighted by atomic mass is 16.5. The Morgan fingerprint density at radius 2 is 1.74 bits per heavy atom. The van der Waals surface area contributed by atoms with Gasteiger partial charge in [0.2, 0.25) is 0 Å². The van der Waals surface area contributed by atoms with Gasteiger partial charge >= 0.3 is 17.6 Å². The molecule has 0 spiro atoms. The normalized spacial score (nSPS) is 11.0. The monoisotopic (exact) mass is 427 g/mol. The highest BCUT2D eigenvalue weighted by Gasteiger charge is 2.24. The average Bonchev–Trinajstić information content (AvgIpc) is 3.19. The van der Waals surface area contributed by atoms with Crippen molar-refractivity contribution < 1.29 is 23.9 Å². The molecule has 9 nitrogen and oxygen atoms in total. The lowest BCUT2D eigenvalue weighted by molar-refractivity contribution is 0.0525. The molecule has 1 aromatic carbocycles. The molecule has 1 N–H and O–H groups in total. The van der Waals surface area contributed by atoms with Crippen molar-refractivity contribution in [1.29, 1.82) is 0 Å². The number of hydrogen-bond acceptors (Lipinski definition) is 6. The highest BCUT2D eigenvalue weighted by molar-refractivity contribution is 6.02. The number of ketones is 1. The molecule has 31 heavy (non-hydrogen) atoms. The van der Waals surface area contributed by atoms with E-state index in [-0.39, 0.29) is 30.3 Å². The summed E-state index contributed by atoms with van der Waals surface area (Å²) in [5.41, 5.74) is 2.53. The Morgan fingerprint density at radius 3 is 2.35 bits per heavy atom. The molecule has 2 heterocycles. The number of benzene rings is 1. The quantitative estimate of drug-likeness (QED) is 0.458. The molecular formula is C22H25N3O6. The van der Waals surface area contributed by atoms with Crippen LogP contribution in [0.25, 0.3) is 11.0 Å². The number of carbonyl (C=O) groups excluding carboxylic acids is 3. The van der Waals surface area contributed by atoms with Gasteiger partial charge in [0.05, 0.1) is 48.1 Å². The lowest BCUT2D eigenvalue weighted by atomic mass is 10.1. The van der Waals surface area contributed by atoms with Crippen molar-refractivity contribution in [3.63, 3.8) is 0 Å². The first-order chi connectivity index (χ1) is 14.7. The van der Waals surface area contributed by atoms with Crippen LogP contribution >= 0.6 is 0 Å². The standard InChI is InChI=1S/C22H25N3O6/c1-6-24-15-9-8-14(20(27)31-7-2)10-16(15)25(22(24)29)11-17(26)19-12(3)18(13(4)23-19)21(28)30-5/h8-10,23H,6-7,11H2,1-5H3. The van der Waals surface area contributed by atoms with Crippen molar-refractivity contribution in [1.82, 2.24) is 14.1 Å². The van der Waals surface area contributed by atoms with E-state index >= 15 is 0 Å². The predicted molar refractivity (Wildman–Crippen MR) is 114 cm³/mol. The second-order valence-electron chi connectivity index (χ2n) is 7.08. The molecule has 3 aromatic rings. The highest BCUT2D eigenvalue weighted by Crippen LogP contribution is 2.21. The van der Waals surface area contributed by atoms with Crippen LogP contribution in [-0.2, 0) is 22.6 Å². The van der Waals surface area contributed by atoms with Crippen molar-refractivity contribution in [2.24, 2.45) is 0 Å². The number of nitrogens with zero attached hydrogens (tertiary/aromatic N) is 2. The molecule has 0 saturated carbocycles. The van der Waals surface area contributed by atoms with Crippen LogP contribution in [-0.4, -0.2) is 45.6 Å². The summed E-state index contributed by atoms with van der Waals surface area (Å²) in [5, 5.41) is 0. The summed E-state index contributed by atoms with van der Waals surface area (Å²) in [5.74, 6) is -1.41. The molecule has 0 radical (unpaired) electrons. The van der Waals surface area contributed by atoms with E-state index in [1.165, 1.54) is 16.2 Å². The number of fused-ring (bicyclic) bond motifs is 1. The predicted octanol–water partition coefficient (Wildman–Crippen LogP) is 2.61. The van der Waals surface area contributed by atoms with E-state index in [1.807, 2.05) is 6.92 Å². The number of Topliss-reactive ketones (excluding diaryl/α,β-unsaturated/α-hetero) is 1. The van der Waals surface area contributed by atoms with Crippen molar-refractivity contribution >= 4 is 28.8 Å². The molecule has 2 aromatic heterocycles. The summed E-state index contributed by atoms with van der Waals surface area (Å²) < 4.78 is 12.7. The smallest absolute Gasteiger partial charge is 0.339 e. The zero-order valence-electron chi connectivity index (χ0n) is 18.2. The maximum Gasteiger partial charge on any atom is 0.339 e. The molecule has 0 bridgehead atoms. The fourth-order valence-corrected chi connectivity index (χ4v) is 3.78. The molecular weight excluding hydrogens is 402 g/mol. The van der Waals surface area contributed by atoms with Crippen LogP contribution in [0.2, 0.25) is 0 Å². The lowest BCUT2D eigenvalue weighted by Crippen LogP contribution is -2.27. The summed E-state index contributed by atoms with van der Waals surface area (Å²) in [7, 11) is 1.27. The van der Waals surface area contributed by atoms with Gasteiger partial charge in [0.25, 0.3) is 0 Å². The molecule has 0 unspecified atom stereocenters. The van der Waals surface area contributed by atoms with Crippen LogP contribution in [0.3, 0.4) is 0 Å². The van der Waals surface area contributed by atoms with E-state index in [2.05, 4.69) is 4.98 Å². The first-order valence-corrected chi connectivity index (χ1v) is 9.95. The van der Waals surface area contributed by atoms with Gasteiger partial charge in [-0.05, 0) is 51.5 Å². The largest absolute Gasteiger partial charge is 0.465 e. The maximum absolute atomic E-state index is 13.1. The van der Waals surface area contributed by atoms with E-state index < -0.39 is 11.9 Å². The second-order valence-corrected chi connectivity index (χ2v) is 7.08. The second kappa shape index (κ2) is 8.63. The first-order valence-electron chi connectivity index (χ1n) is 9.95. The molecule has 164 valence electrons. The third-order valence-corrected chi connectivity index (χ3v) is 5.25. The number of H-pyrrole nitrogens is 1. The average molecular weight is 427 g/mol. The molecule has 0 atom stereocenters. The SMILES string of the molecule is CCOC(=O)c1ccc2c(c1)n(CC(=O)c1[nH]c(C)c(C(=O)OC)c1C)c(=O)n2CC. The zero-order chi connectivity index (χ0) is 22.9. The first kappa shape index (κ1) is 22.1. The number of hydrogen-bond donors (Lipinski definition) is 1. The lowest BCUT2D eigenvalue weighted by Gasteiger charge is -2.05. The van der Waals surface area contributed by atoms with Gasteiger partial charge in [-0.2, -0.15) is 0 Å². The van der Waals surface area contributed by atoms with E-state index in [0.717, 1.165) is 0 Å². The van der Waals surface area contributed by atoms with Gasteiger partial charge in [-0.1, -0.05) is 0 Å². The van der Waals surface area contributed by atoms with Crippen molar-refractivity contribution in [2.45, 2.75) is 40.8 Å². The Bertz CT molecular complexity index is 1240. The molecule has 0 aliphatic rings. The number of esters is 2. The Kier molecular flexibility index (Phi) is 6.14.